The van der Waals surface area contributed by atoms with Crippen molar-refractivity contribution >= 4 is 28.4 Å². The maximum Gasteiger partial charge on any atom is 0.336 e. The van der Waals surface area contributed by atoms with Crippen LogP contribution in [0.1, 0.15) is 0 Å². The number of carbonyl (C=O) groups is 1. The number of anilines is 2. The van der Waals surface area contributed by atoms with Crippen LogP contribution in [0.5, 0.6) is 0 Å². The topological polar surface area (TPSA) is 71.3 Å². The van der Waals surface area contributed by atoms with Crippen LogP contribution in [-0.2, 0) is 0 Å². The van der Waals surface area contributed by atoms with E-state index in [4.69, 9.17) is 4.42 Å². The van der Waals surface area contributed by atoms with E-state index in [1.807, 2.05) is 0 Å². The third kappa shape index (κ3) is 3.12. The Morgan fingerprint density at radius 2 is 1.59 bits per heavy atom. The van der Waals surface area contributed by atoms with Crippen LogP contribution < -0.4 is 16.3 Å². The Labute approximate surface area is 124 Å². The summed E-state index contributed by atoms with van der Waals surface area (Å²) in [4.78, 5) is 23.0. The fraction of sp³-hybridized carbons (Fsp3) is 0. The van der Waals surface area contributed by atoms with Gasteiger partial charge in [-0.05, 0) is 48.5 Å². The molecule has 110 valence electrons. The van der Waals surface area contributed by atoms with Crippen molar-refractivity contribution in [2.24, 2.45) is 0 Å². The van der Waals surface area contributed by atoms with Gasteiger partial charge in [-0.15, -0.1) is 0 Å². The van der Waals surface area contributed by atoms with Gasteiger partial charge in [-0.2, -0.15) is 0 Å². The van der Waals surface area contributed by atoms with Gasteiger partial charge in [0, 0.05) is 22.8 Å². The summed E-state index contributed by atoms with van der Waals surface area (Å²) in [5.41, 5.74) is 1.03. The molecule has 1 aromatic heterocycles. The monoisotopic (exact) mass is 298 g/mol. The summed E-state index contributed by atoms with van der Waals surface area (Å²) in [6.07, 6.45) is 0. The number of urea groups is 1. The molecule has 0 saturated heterocycles. The highest BCUT2D eigenvalue weighted by atomic mass is 19.1. The SMILES string of the molecule is O=C(Nc1ccc(F)cc1)Nc1ccc2oc(=O)ccc2c1. The highest BCUT2D eigenvalue weighted by molar-refractivity contribution is 6.00. The molecular formula is C16H11FN2O3. The highest BCUT2D eigenvalue weighted by Crippen LogP contribution is 2.18. The van der Waals surface area contributed by atoms with Crippen LogP contribution in [0.4, 0.5) is 20.6 Å². The molecule has 5 nitrogen and oxygen atoms in total. The molecule has 1 heterocycles. The van der Waals surface area contributed by atoms with Crippen LogP contribution in [0.15, 0.2) is 63.8 Å². The lowest BCUT2D eigenvalue weighted by Crippen LogP contribution is -2.19. The van der Waals surface area contributed by atoms with E-state index in [9.17, 15) is 14.0 Å². The third-order valence-corrected chi connectivity index (χ3v) is 2.98. The zero-order chi connectivity index (χ0) is 15.5. The molecule has 22 heavy (non-hydrogen) atoms. The molecule has 0 spiro atoms. The second-order valence-corrected chi connectivity index (χ2v) is 4.59. The van der Waals surface area contributed by atoms with Gasteiger partial charge in [0.05, 0.1) is 0 Å². The molecule has 0 aliphatic carbocycles. The summed E-state index contributed by atoms with van der Waals surface area (Å²) in [5, 5.41) is 5.93. The Balaban J connectivity index is 1.74. The summed E-state index contributed by atoms with van der Waals surface area (Å²) < 4.78 is 17.8. The summed E-state index contributed by atoms with van der Waals surface area (Å²) in [6.45, 7) is 0. The van der Waals surface area contributed by atoms with Gasteiger partial charge in [0.1, 0.15) is 11.4 Å². The minimum Gasteiger partial charge on any atom is -0.423 e. The lowest BCUT2D eigenvalue weighted by molar-refractivity contribution is 0.262. The molecule has 0 unspecified atom stereocenters. The first-order chi connectivity index (χ1) is 10.6. The molecule has 3 aromatic rings. The first kappa shape index (κ1) is 13.8. The fourth-order valence-corrected chi connectivity index (χ4v) is 1.98. The molecule has 0 bridgehead atoms. The molecule has 6 heteroatoms. The van der Waals surface area contributed by atoms with Gasteiger partial charge in [0.25, 0.3) is 0 Å². The van der Waals surface area contributed by atoms with E-state index >= 15 is 0 Å². The predicted octanol–water partition coefficient (Wildman–Crippen LogP) is 3.58. The van der Waals surface area contributed by atoms with E-state index in [0.29, 0.717) is 22.3 Å². The average molecular weight is 298 g/mol. The Morgan fingerprint density at radius 3 is 2.36 bits per heavy atom. The van der Waals surface area contributed by atoms with Gasteiger partial charge in [0.2, 0.25) is 0 Å². The quantitative estimate of drug-likeness (QED) is 0.710. The number of nitrogens with one attached hydrogen (secondary N) is 2. The molecule has 0 aliphatic heterocycles. The zero-order valence-electron chi connectivity index (χ0n) is 11.3. The smallest absolute Gasteiger partial charge is 0.336 e. The van der Waals surface area contributed by atoms with Crippen molar-refractivity contribution in [1.29, 1.82) is 0 Å². The fourth-order valence-electron chi connectivity index (χ4n) is 1.98. The summed E-state index contributed by atoms with van der Waals surface area (Å²) in [6, 6.07) is 12.8. The van der Waals surface area contributed by atoms with E-state index < -0.39 is 11.7 Å². The lowest BCUT2D eigenvalue weighted by atomic mass is 10.2. The molecule has 2 amide bonds. The van der Waals surface area contributed by atoms with E-state index in [2.05, 4.69) is 10.6 Å². The van der Waals surface area contributed by atoms with E-state index in [0.717, 1.165) is 0 Å². The minimum absolute atomic E-state index is 0.373. The number of hydrogen-bond donors (Lipinski definition) is 2. The van der Waals surface area contributed by atoms with Crippen LogP contribution in [0.2, 0.25) is 0 Å². The van der Waals surface area contributed by atoms with Crippen molar-refractivity contribution in [2.45, 2.75) is 0 Å². The normalized spacial score (nSPS) is 10.4. The number of carbonyl (C=O) groups excluding carboxylic acids is 1. The van der Waals surface area contributed by atoms with Crippen molar-refractivity contribution in [3.05, 3.63) is 70.8 Å². The summed E-state index contributed by atoms with van der Waals surface area (Å²) in [5.74, 6) is -0.373. The molecule has 3 rings (SSSR count). The van der Waals surface area contributed by atoms with Crippen molar-refractivity contribution < 1.29 is 13.6 Å². The van der Waals surface area contributed by atoms with Crippen molar-refractivity contribution in [3.63, 3.8) is 0 Å². The van der Waals surface area contributed by atoms with Crippen LogP contribution in [0.3, 0.4) is 0 Å². The molecule has 0 radical (unpaired) electrons. The molecule has 2 aromatic carbocycles. The second-order valence-electron chi connectivity index (χ2n) is 4.59. The maximum absolute atomic E-state index is 12.8. The Bertz CT molecular complexity index is 888. The largest absolute Gasteiger partial charge is 0.423 e. The van der Waals surface area contributed by atoms with Crippen LogP contribution in [0.25, 0.3) is 11.0 Å². The van der Waals surface area contributed by atoms with E-state index in [1.165, 1.54) is 30.3 Å². The van der Waals surface area contributed by atoms with Gasteiger partial charge in [-0.25, -0.2) is 14.0 Å². The van der Waals surface area contributed by atoms with Crippen molar-refractivity contribution in [1.82, 2.24) is 0 Å². The molecule has 0 saturated carbocycles. The third-order valence-electron chi connectivity index (χ3n) is 2.98. The number of benzene rings is 2. The zero-order valence-corrected chi connectivity index (χ0v) is 11.3. The number of hydrogen-bond acceptors (Lipinski definition) is 3. The van der Waals surface area contributed by atoms with Gasteiger partial charge in [0.15, 0.2) is 0 Å². The molecule has 0 fully saturated rings. The summed E-state index contributed by atoms with van der Waals surface area (Å²) >= 11 is 0. The van der Waals surface area contributed by atoms with Crippen molar-refractivity contribution in [3.8, 4) is 0 Å². The molecule has 2 N–H and O–H groups in total. The van der Waals surface area contributed by atoms with E-state index in [1.54, 1.807) is 24.3 Å². The van der Waals surface area contributed by atoms with Crippen LogP contribution >= 0.6 is 0 Å². The van der Waals surface area contributed by atoms with Crippen LogP contribution in [0, 0.1) is 5.82 Å². The lowest BCUT2D eigenvalue weighted by Gasteiger charge is -2.08. The first-order valence-corrected chi connectivity index (χ1v) is 6.48. The Hall–Kier alpha value is -3.15. The Kier molecular flexibility index (Phi) is 3.57. The van der Waals surface area contributed by atoms with Gasteiger partial charge < -0.3 is 15.1 Å². The number of fused-ring (bicyclic) bond motifs is 1. The molecule has 0 atom stereocenters. The number of rotatable bonds is 2. The number of amides is 2. The molecule has 0 aliphatic rings. The number of halogens is 1. The van der Waals surface area contributed by atoms with Gasteiger partial charge in [-0.1, -0.05) is 0 Å². The second kappa shape index (κ2) is 5.69. The Morgan fingerprint density at radius 1 is 0.909 bits per heavy atom. The van der Waals surface area contributed by atoms with Gasteiger partial charge >= 0.3 is 11.7 Å². The highest BCUT2D eigenvalue weighted by Gasteiger charge is 2.04. The van der Waals surface area contributed by atoms with E-state index in [-0.39, 0.29) is 5.82 Å². The van der Waals surface area contributed by atoms with Crippen LogP contribution in [-0.4, -0.2) is 6.03 Å². The predicted molar refractivity (Wildman–Crippen MR) is 81.5 cm³/mol. The first-order valence-electron chi connectivity index (χ1n) is 6.48. The average Bonchev–Trinajstić information content (AvgIpc) is 2.50. The maximum atomic E-state index is 12.8. The molecular weight excluding hydrogens is 287 g/mol. The standard InChI is InChI=1S/C16H11FN2O3/c17-11-2-4-12(5-3-11)18-16(21)19-13-6-7-14-10(9-13)1-8-15(20)22-14/h1-9H,(H2,18,19,21). The minimum atomic E-state index is -0.455. The van der Waals surface area contributed by atoms with Crippen molar-refractivity contribution in [2.75, 3.05) is 10.6 Å². The van der Waals surface area contributed by atoms with Gasteiger partial charge in [-0.3, -0.25) is 0 Å². The summed E-state index contributed by atoms with van der Waals surface area (Å²) in [7, 11) is 0.